The predicted molar refractivity (Wildman–Crippen MR) is 101 cm³/mol. The first kappa shape index (κ1) is 18.4. The lowest BCUT2D eigenvalue weighted by Gasteiger charge is -2.14. The molecule has 134 valence electrons. The van der Waals surface area contributed by atoms with Crippen LogP contribution in [0.2, 0.25) is 5.02 Å². The Morgan fingerprint density at radius 1 is 1.19 bits per heavy atom. The van der Waals surface area contributed by atoms with Crippen molar-refractivity contribution in [2.24, 2.45) is 0 Å². The molecule has 3 rings (SSSR count). The third kappa shape index (κ3) is 5.08. The van der Waals surface area contributed by atoms with Gasteiger partial charge in [0.1, 0.15) is 10.8 Å². The summed E-state index contributed by atoms with van der Waals surface area (Å²) in [6, 6.07) is 13.3. The Morgan fingerprint density at radius 3 is 2.69 bits per heavy atom. The molecule has 0 atom stereocenters. The number of benzene rings is 2. The Kier molecular flexibility index (Phi) is 5.92. The molecule has 0 fully saturated rings. The van der Waals surface area contributed by atoms with E-state index < -0.39 is 0 Å². The van der Waals surface area contributed by atoms with E-state index in [-0.39, 0.29) is 16.7 Å². The van der Waals surface area contributed by atoms with Crippen LogP contribution in [0.4, 0.5) is 10.1 Å². The minimum Gasteiger partial charge on any atom is -0.320 e. The first-order valence-electron chi connectivity index (χ1n) is 7.82. The van der Waals surface area contributed by atoms with Crippen LogP contribution in [0.15, 0.2) is 48.5 Å². The Morgan fingerprint density at radius 2 is 1.96 bits per heavy atom. The summed E-state index contributed by atoms with van der Waals surface area (Å²) in [6.45, 7) is 1.09. The fraction of sp³-hybridized carbons (Fsp3) is 0.167. The summed E-state index contributed by atoms with van der Waals surface area (Å²) in [7, 11) is 1.90. The third-order valence-electron chi connectivity index (χ3n) is 3.51. The molecular weight excluding hydrogens is 375 g/mol. The largest absolute Gasteiger partial charge is 0.320 e. The monoisotopic (exact) mass is 390 g/mol. The molecule has 2 aromatic carbocycles. The molecule has 0 bridgehead atoms. The summed E-state index contributed by atoms with van der Waals surface area (Å²) < 4.78 is 13.2. The van der Waals surface area contributed by atoms with E-state index in [4.69, 9.17) is 11.6 Å². The summed E-state index contributed by atoms with van der Waals surface area (Å²) in [5.41, 5.74) is 1.51. The lowest BCUT2D eigenvalue weighted by molar-refractivity contribution is 0.102. The van der Waals surface area contributed by atoms with Crippen molar-refractivity contribution >= 4 is 34.5 Å². The number of anilines is 1. The SMILES string of the molecule is CN(Cc1cccc(F)c1)Cc1nnc(C(=O)Nc2ccc(Cl)cc2)s1. The van der Waals surface area contributed by atoms with Gasteiger partial charge in [-0.2, -0.15) is 0 Å². The first-order chi connectivity index (χ1) is 12.5. The van der Waals surface area contributed by atoms with E-state index in [0.29, 0.717) is 28.8 Å². The molecule has 1 aromatic heterocycles. The molecule has 0 aliphatic carbocycles. The summed E-state index contributed by atoms with van der Waals surface area (Å²) in [4.78, 5) is 14.2. The number of carbonyl (C=O) groups excluding carboxylic acids is 1. The maximum Gasteiger partial charge on any atom is 0.286 e. The standard InChI is InChI=1S/C18H16ClFN4OS/c1-24(10-12-3-2-4-14(20)9-12)11-16-22-23-18(26-16)17(25)21-15-7-5-13(19)6-8-15/h2-9H,10-11H2,1H3,(H,21,25). The fourth-order valence-corrected chi connectivity index (χ4v) is 3.30. The van der Waals surface area contributed by atoms with Gasteiger partial charge in [-0.25, -0.2) is 4.39 Å². The van der Waals surface area contributed by atoms with Gasteiger partial charge in [0, 0.05) is 17.3 Å². The van der Waals surface area contributed by atoms with Crippen LogP contribution in [-0.2, 0) is 13.1 Å². The van der Waals surface area contributed by atoms with E-state index >= 15 is 0 Å². The van der Waals surface area contributed by atoms with Crippen molar-refractivity contribution in [1.82, 2.24) is 15.1 Å². The fourth-order valence-electron chi connectivity index (χ4n) is 2.36. The van der Waals surface area contributed by atoms with E-state index in [9.17, 15) is 9.18 Å². The lowest BCUT2D eigenvalue weighted by atomic mass is 10.2. The smallest absolute Gasteiger partial charge is 0.286 e. The molecule has 3 aromatic rings. The van der Waals surface area contributed by atoms with Crippen LogP contribution in [0.1, 0.15) is 20.4 Å². The number of aromatic nitrogens is 2. The van der Waals surface area contributed by atoms with E-state index in [2.05, 4.69) is 15.5 Å². The van der Waals surface area contributed by atoms with Gasteiger partial charge in [-0.3, -0.25) is 9.69 Å². The van der Waals surface area contributed by atoms with Crippen LogP contribution in [0.5, 0.6) is 0 Å². The average molecular weight is 391 g/mol. The van der Waals surface area contributed by atoms with Gasteiger partial charge in [0.25, 0.3) is 5.91 Å². The molecule has 0 saturated heterocycles. The molecule has 0 unspecified atom stereocenters. The minimum atomic E-state index is -0.316. The second-order valence-electron chi connectivity index (χ2n) is 5.76. The lowest BCUT2D eigenvalue weighted by Crippen LogP contribution is -2.17. The van der Waals surface area contributed by atoms with Crippen molar-refractivity contribution in [3.8, 4) is 0 Å². The molecule has 26 heavy (non-hydrogen) atoms. The molecule has 0 spiro atoms. The normalized spacial score (nSPS) is 10.9. The number of carbonyl (C=O) groups is 1. The number of hydrogen-bond donors (Lipinski definition) is 1. The molecule has 1 heterocycles. The molecule has 8 heteroatoms. The molecule has 1 amide bonds. The number of halogens is 2. The highest BCUT2D eigenvalue weighted by Crippen LogP contribution is 2.17. The molecule has 5 nitrogen and oxygen atoms in total. The second-order valence-corrected chi connectivity index (χ2v) is 7.26. The first-order valence-corrected chi connectivity index (χ1v) is 9.01. The zero-order valence-corrected chi connectivity index (χ0v) is 15.5. The quantitative estimate of drug-likeness (QED) is 0.684. The Bertz CT molecular complexity index is 900. The Balaban J connectivity index is 1.58. The van der Waals surface area contributed by atoms with Crippen LogP contribution in [0.25, 0.3) is 0 Å². The number of rotatable bonds is 6. The van der Waals surface area contributed by atoms with Gasteiger partial charge in [-0.1, -0.05) is 35.1 Å². The van der Waals surface area contributed by atoms with Gasteiger partial charge in [0.2, 0.25) is 5.01 Å². The molecule has 0 aliphatic rings. The van der Waals surface area contributed by atoms with Crippen molar-refractivity contribution in [2.45, 2.75) is 13.1 Å². The summed E-state index contributed by atoms with van der Waals surface area (Å²) in [5.74, 6) is -0.572. The third-order valence-corrected chi connectivity index (χ3v) is 4.67. The Labute approximate surface area is 159 Å². The van der Waals surface area contributed by atoms with Crippen LogP contribution >= 0.6 is 22.9 Å². The molecular formula is C18H16ClFN4OS. The van der Waals surface area contributed by atoms with Gasteiger partial charge in [-0.15, -0.1) is 10.2 Å². The van der Waals surface area contributed by atoms with Crippen LogP contribution in [0, 0.1) is 5.82 Å². The Hall–Kier alpha value is -2.35. The van der Waals surface area contributed by atoms with E-state index in [1.165, 1.54) is 23.5 Å². The highest BCUT2D eigenvalue weighted by atomic mass is 35.5. The van der Waals surface area contributed by atoms with Crippen molar-refractivity contribution in [3.63, 3.8) is 0 Å². The van der Waals surface area contributed by atoms with E-state index in [1.807, 2.05) is 18.0 Å². The maximum absolute atomic E-state index is 13.2. The van der Waals surface area contributed by atoms with Crippen LogP contribution < -0.4 is 5.32 Å². The summed E-state index contributed by atoms with van der Waals surface area (Å²) >= 11 is 7.05. The van der Waals surface area contributed by atoms with Crippen molar-refractivity contribution in [3.05, 3.63) is 74.9 Å². The highest BCUT2D eigenvalue weighted by molar-refractivity contribution is 7.13. The van der Waals surface area contributed by atoms with E-state index in [1.54, 1.807) is 30.3 Å². The van der Waals surface area contributed by atoms with Gasteiger partial charge < -0.3 is 5.32 Å². The van der Waals surface area contributed by atoms with Gasteiger partial charge in [0.15, 0.2) is 0 Å². The minimum absolute atomic E-state index is 0.257. The predicted octanol–water partition coefficient (Wildman–Crippen LogP) is 4.21. The highest BCUT2D eigenvalue weighted by Gasteiger charge is 2.14. The molecule has 0 aliphatic heterocycles. The van der Waals surface area contributed by atoms with Crippen molar-refractivity contribution in [1.29, 1.82) is 0 Å². The van der Waals surface area contributed by atoms with Crippen LogP contribution in [0.3, 0.4) is 0 Å². The number of hydrogen-bond acceptors (Lipinski definition) is 5. The number of nitrogens with one attached hydrogen (secondary N) is 1. The second kappa shape index (κ2) is 8.35. The average Bonchev–Trinajstić information content (AvgIpc) is 3.05. The van der Waals surface area contributed by atoms with Gasteiger partial charge in [-0.05, 0) is 49.0 Å². The number of amides is 1. The zero-order valence-electron chi connectivity index (χ0n) is 13.9. The molecule has 0 saturated carbocycles. The van der Waals surface area contributed by atoms with E-state index in [0.717, 1.165) is 5.56 Å². The van der Waals surface area contributed by atoms with Gasteiger partial charge >= 0.3 is 0 Å². The van der Waals surface area contributed by atoms with Crippen molar-refractivity contribution < 1.29 is 9.18 Å². The summed E-state index contributed by atoms with van der Waals surface area (Å²) in [6.07, 6.45) is 0. The number of nitrogens with zero attached hydrogens (tertiary/aromatic N) is 3. The van der Waals surface area contributed by atoms with Crippen LogP contribution in [-0.4, -0.2) is 28.1 Å². The maximum atomic E-state index is 13.2. The summed E-state index contributed by atoms with van der Waals surface area (Å²) in [5, 5.41) is 12.4. The zero-order chi connectivity index (χ0) is 18.5. The molecule has 0 radical (unpaired) electrons. The van der Waals surface area contributed by atoms with Gasteiger partial charge in [0.05, 0.1) is 6.54 Å². The topological polar surface area (TPSA) is 58.1 Å². The molecule has 1 N–H and O–H groups in total. The van der Waals surface area contributed by atoms with Crippen molar-refractivity contribution in [2.75, 3.05) is 12.4 Å².